The maximum Gasteiger partial charge on any atom is 0.321 e. The van der Waals surface area contributed by atoms with Crippen molar-refractivity contribution in [2.45, 2.75) is 44.1 Å². The third-order valence-electron chi connectivity index (χ3n) is 7.33. The van der Waals surface area contributed by atoms with Crippen LogP contribution in [-0.4, -0.2) is 72.2 Å². The number of nitrogens with one attached hydrogen (secondary N) is 1. The SMILES string of the molecule is O=C(CC1CCOCC1)N1CCC(Oc2ccc(NC(=O)N3CC(c4cccnc4)C3)cc2)CC1. The van der Waals surface area contributed by atoms with Crippen molar-refractivity contribution in [1.82, 2.24) is 14.8 Å². The van der Waals surface area contributed by atoms with Gasteiger partial charge in [0.1, 0.15) is 11.9 Å². The molecular weight excluding hydrogens is 444 g/mol. The Labute approximate surface area is 206 Å². The molecule has 1 aromatic carbocycles. The van der Waals surface area contributed by atoms with Gasteiger partial charge in [0.25, 0.3) is 0 Å². The molecule has 8 nitrogen and oxygen atoms in total. The second-order valence-electron chi connectivity index (χ2n) is 9.80. The predicted molar refractivity (Wildman–Crippen MR) is 132 cm³/mol. The Morgan fingerprint density at radius 1 is 1.00 bits per heavy atom. The minimum Gasteiger partial charge on any atom is -0.490 e. The standard InChI is InChI=1S/C27H34N4O4/c32-26(16-20-9-14-34-15-10-20)30-12-7-25(8-13-30)35-24-5-3-23(4-6-24)29-27(33)31-18-22(19-31)21-2-1-11-28-17-21/h1-6,11,17,20,22,25H,7-10,12-16,18-19H2,(H,29,33). The first-order valence-electron chi connectivity index (χ1n) is 12.7. The van der Waals surface area contributed by atoms with Crippen LogP contribution in [0.15, 0.2) is 48.8 Å². The fraction of sp³-hybridized carbons (Fsp3) is 0.519. The number of hydrogen-bond acceptors (Lipinski definition) is 5. The summed E-state index contributed by atoms with van der Waals surface area (Å²) in [5.41, 5.74) is 1.92. The molecule has 4 heterocycles. The van der Waals surface area contributed by atoms with E-state index in [1.807, 2.05) is 41.4 Å². The van der Waals surface area contributed by atoms with Crippen molar-refractivity contribution < 1.29 is 19.1 Å². The Hall–Kier alpha value is -3.13. The number of pyridine rings is 1. The quantitative estimate of drug-likeness (QED) is 0.681. The minimum atomic E-state index is -0.0865. The lowest BCUT2D eigenvalue weighted by atomic mass is 9.93. The van der Waals surface area contributed by atoms with Crippen LogP contribution >= 0.6 is 0 Å². The molecule has 0 unspecified atom stereocenters. The zero-order chi connectivity index (χ0) is 24.0. The lowest BCUT2D eigenvalue weighted by Crippen LogP contribution is -2.50. The van der Waals surface area contributed by atoms with Crippen molar-refractivity contribution >= 4 is 17.6 Å². The molecule has 35 heavy (non-hydrogen) atoms. The van der Waals surface area contributed by atoms with Gasteiger partial charge in [0.05, 0.1) is 0 Å². The molecule has 8 heteroatoms. The van der Waals surface area contributed by atoms with Gasteiger partial charge in [0.15, 0.2) is 0 Å². The highest BCUT2D eigenvalue weighted by Gasteiger charge is 2.32. The number of carbonyl (C=O) groups is 2. The van der Waals surface area contributed by atoms with E-state index in [2.05, 4.69) is 16.4 Å². The first kappa shape index (κ1) is 23.6. The average Bonchev–Trinajstić information content (AvgIpc) is 2.86. The zero-order valence-electron chi connectivity index (χ0n) is 20.1. The van der Waals surface area contributed by atoms with E-state index in [0.717, 1.165) is 63.4 Å². The van der Waals surface area contributed by atoms with E-state index < -0.39 is 0 Å². The van der Waals surface area contributed by atoms with Crippen LogP contribution in [0.5, 0.6) is 5.75 Å². The van der Waals surface area contributed by atoms with Crippen LogP contribution in [0.1, 0.15) is 43.6 Å². The molecule has 3 aliphatic heterocycles. The lowest BCUT2D eigenvalue weighted by Gasteiger charge is -2.39. The molecule has 1 aromatic heterocycles. The van der Waals surface area contributed by atoms with Gasteiger partial charge >= 0.3 is 6.03 Å². The molecule has 0 atom stereocenters. The molecule has 0 radical (unpaired) electrons. The van der Waals surface area contributed by atoms with Gasteiger partial charge in [0, 0.05) is 82.7 Å². The molecule has 0 saturated carbocycles. The summed E-state index contributed by atoms with van der Waals surface area (Å²) >= 11 is 0. The molecular formula is C27H34N4O4. The van der Waals surface area contributed by atoms with Gasteiger partial charge in [0.2, 0.25) is 5.91 Å². The number of anilines is 1. The van der Waals surface area contributed by atoms with Crippen molar-refractivity contribution in [3.8, 4) is 5.75 Å². The predicted octanol–water partition coefficient (Wildman–Crippen LogP) is 3.90. The van der Waals surface area contributed by atoms with E-state index in [0.29, 0.717) is 31.3 Å². The number of carbonyl (C=O) groups excluding carboxylic acids is 2. The van der Waals surface area contributed by atoms with Gasteiger partial charge in [-0.2, -0.15) is 0 Å². The Kier molecular flexibility index (Phi) is 7.47. The Bertz CT molecular complexity index is 980. The van der Waals surface area contributed by atoms with Crippen LogP contribution in [0.25, 0.3) is 0 Å². The van der Waals surface area contributed by atoms with E-state index >= 15 is 0 Å². The van der Waals surface area contributed by atoms with E-state index in [9.17, 15) is 9.59 Å². The molecule has 2 aromatic rings. The summed E-state index contributed by atoms with van der Waals surface area (Å²) in [5, 5.41) is 2.96. The van der Waals surface area contributed by atoms with E-state index in [1.165, 1.54) is 5.56 Å². The Morgan fingerprint density at radius 3 is 2.43 bits per heavy atom. The van der Waals surface area contributed by atoms with Crippen LogP contribution in [0, 0.1) is 5.92 Å². The smallest absolute Gasteiger partial charge is 0.321 e. The number of amides is 3. The van der Waals surface area contributed by atoms with Crippen LogP contribution in [0.4, 0.5) is 10.5 Å². The molecule has 3 aliphatic rings. The highest BCUT2D eigenvalue weighted by Crippen LogP contribution is 2.28. The maximum atomic E-state index is 12.6. The molecule has 5 rings (SSSR count). The topological polar surface area (TPSA) is 84.0 Å². The van der Waals surface area contributed by atoms with Crippen molar-refractivity contribution in [1.29, 1.82) is 0 Å². The lowest BCUT2D eigenvalue weighted by molar-refractivity contribution is -0.134. The highest BCUT2D eigenvalue weighted by atomic mass is 16.5. The van der Waals surface area contributed by atoms with Gasteiger partial charge in [-0.1, -0.05) is 6.07 Å². The second-order valence-corrected chi connectivity index (χ2v) is 9.80. The first-order valence-corrected chi connectivity index (χ1v) is 12.7. The molecule has 3 fully saturated rings. The molecule has 0 aliphatic carbocycles. The van der Waals surface area contributed by atoms with Gasteiger partial charge in [-0.3, -0.25) is 9.78 Å². The summed E-state index contributed by atoms with van der Waals surface area (Å²) < 4.78 is 11.5. The van der Waals surface area contributed by atoms with Gasteiger partial charge in [-0.05, 0) is 54.7 Å². The van der Waals surface area contributed by atoms with Crippen LogP contribution in [-0.2, 0) is 9.53 Å². The van der Waals surface area contributed by atoms with E-state index in [-0.39, 0.29) is 18.0 Å². The summed E-state index contributed by atoms with van der Waals surface area (Å²) in [5.74, 6) is 1.88. The van der Waals surface area contributed by atoms with Crippen molar-refractivity contribution in [2.75, 3.05) is 44.7 Å². The Morgan fingerprint density at radius 2 is 1.74 bits per heavy atom. The van der Waals surface area contributed by atoms with Crippen molar-refractivity contribution in [3.63, 3.8) is 0 Å². The van der Waals surface area contributed by atoms with Gasteiger partial charge in [-0.25, -0.2) is 4.79 Å². The molecule has 0 bridgehead atoms. The second kappa shape index (κ2) is 11.1. The van der Waals surface area contributed by atoms with Crippen molar-refractivity contribution in [3.05, 3.63) is 54.4 Å². The molecule has 1 N–H and O–H groups in total. The maximum absolute atomic E-state index is 12.6. The van der Waals surface area contributed by atoms with Crippen LogP contribution < -0.4 is 10.1 Å². The number of ether oxygens (including phenoxy) is 2. The molecule has 186 valence electrons. The molecule has 0 spiro atoms. The number of piperidine rings is 1. The van der Waals surface area contributed by atoms with Crippen LogP contribution in [0.3, 0.4) is 0 Å². The third-order valence-corrected chi connectivity index (χ3v) is 7.33. The largest absolute Gasteiger partial charge is 0.490 e. The third kappa shape index (κ3) is 6.11. The summed E-state index contributed by atoms with van der Waals surface area (Å²) in [7, 11) is 0. The number of hydrogen-bond donors (Lipinski definition) is 1. The number of aromatic nitrogens is 1. The average molecular weight is 479 g/mol. The zero-order valence-corrected chi connectivity index (χ0v) is 20.1. The van der Waals surface area contributed by atoms with Crippen LogP contribution in [0.2, 0.25) is 0 Å². The normalized spacial score (nSPS) is 19.8. The monoisotopic (exact) mass is 478 g/mol. The van der Waals surface area contributed by atoms with Gasteiger partial charge in [-0.15, -0.1) is 0 Å². The van der Waals surface area contributed by atoms with Crippen molar-refractivity contribution in [2.24, 2.45) is 5.92 Å². The molecule has 3 amide bonds. The van der Waals surface area contributed by atoms with Gasteiger partial charge < -0.3 is 24.6 Å². The summed E-state index contributed by atoms with van der Waals surface area (Å²) in [6, 6.07) is 11.4. The fourth-order valence-electron chi connectivity index (χ4n) is 5.03. The first-order chi connectivity index (χ1) is 17.1. The fourth-order valence-corrected chi connectivity index (χ4v) is 5.03. The summed E-state index contributed by atoms with van der Waals surface area (Å²) in [4.78, 5) is 33.1. The van der Waals surface area contributed by atoms with E-state index in [1.54, 1.807) is 11.1 Å². The minimum absolute atomic E-state index is 0.0865. The Balaban J connectivity index is 1.02. The molecule has 3 saturated heterocycles. The highest BCUT2D eigenvalue weighted by molar-refractivity contribution is 5.90. The number of urea groups is 1. The number of rotatable bonds is 6. The summed E-state index contributed by atoms with van der Waals surface area (Å²) in [6.07, 6.45) is 8.04. The number of likely N-dealkylation sites (tertiary alicyclic amines) is 2. The van der Waals surface area contributed by atoms with E-state index in [4.69, 9.17) is 9.47 Å². The number of nitrogens with zero attached hydrogens (tertiary/aromatic N) is 3. The number of benzene rings is 1. The summed E-state index contributed by atoms with van der Waals surface area (Å²) in [6.45, 7) is 4.46.